The molecule has 0 atom stereocenters. The molecule has 0 saturated carbocycles. The minimum atomic E-state index is -0.139. The van der Waals surface area contributed by atoms with Crippen LogP contribution >= 0.6 is 22.6 Å². The third-order valence-corrected chi connectivity index (χ3v) is 3.86. The number of imidazole rings is 1. The van der Waals surface area contributed by atoms with Crippen molar-refractivity contribution in [3.05, 3.63) is 81.9 Å². The van der Waals surface area contributed by atoms with Gasteiger partial charge in [0.25, 0.3) is 0 Å². The molecule has 0 bridgehead atoms. The van der Waals surface area contributed by atoms with Crippen LogP contribution in [-0.4, -0.2) is 21.2 Å². The molecule has 0 saturated heterocycles. The van der Waals surface area contributed by atoms with Crippen LogP contribution in [-0.2, 0) is 0 Å². The first kappa shape index (κ1) is 15.6. The number of carbonyl (C=O) groups is 1. The van der Waals surface area contributed by atoms with Crippen molar-refractivity contribution in [1.82, 2.24) is 9.55 Å². The van der Waals surface area contributed by atoms with Gasteiger partial charge >= 0.3 is 0 Å². The van der Waals surface area contributed by atoms with Gasteiger partial charge in [-0.15, -0.1) is 0 Å². The maximum absolute atomic E-state index is 12.8. The maximum atomic E-state index is 12.8. The van der Waals surface area contributed by atoms with E-state index in [1.165, 1.54) is 0 Å². The van der Waals surface area contributed by atoms with E-state index in [9.17, 15) is 4.79 Å². The molecule has 23 heavy (non-hydrogen) atoms. The SMILES string of the molecule is Cc1ccc(N=C(C(=O)c2ccccc2)n2cnc(I)c2)cc1. The number of benzene rings is 2. The van der Waals surface area contributed by atoms with Gasteiger partial charge in [0.15, 0.2) is 5.84 Å². The zero-order valence-electron chi connectivity index (χ0n) is 12.5. The Bertz CT molecular complexity index is 851. The Morgan fingerprint density at radius 3 is 2.39 bits per heavy atom. The lowest BCUT2D eigenvalue weighted by molar-refractivity contribution is 0.106. The fraction of sp³-hybridized carbons (Fsp3) is 0.0556. The van der Waals surface area contributed by atoms with Crippen molar-refractivity contribution < 1.29 is 4.79 Å². The summed E-state index contributed by atoms with van der Waals surface area (Å²) < 4.78 is 2.47. The third-order valence-electron chi connectivity index (χ3n) is 3.30. The summed E-state index contributed by atoms with van der Waals surface area (Å²) in [5, 5.41) is 0. The van der Waals surface area contributed by atoms with E-state index in [0.29, 0.717) is 11.4 Å². The van der Waals surface area contributed by atoms with Crippen molar-refractivity contribution in [2.45, 2.75) is 6.92 Å². The zero-order chi connectivity index (χ0) is 16.2. The molecule has 0 spiro atoms. The monoisotopic (exact) mass is 415 g/mol. The molecule has 0 aliphatic rings. The van der Waals surface area contributed by atoms with Gasteiger partial charge in [-0.2, -0.15) is 0 Å². The van der Waals surface area contributed by atoms with E-state index in [4.69, 9.17) is 0 Å². The molecule has 3 rings (SSSR count). The van der Waals surface area contributed by atoms with Crippen LogP contribution in [0.1, 0.15) is 15.9 Å². The lowest BCUT2D eigenvalue weighted by Crippen LogP contribution is -2.21. The van der Waals surface area contributed by atoms with E-state index >= 15 is 0 Å². The molecule has 3 aromatic rings. The number of aromatic nitrogens is 2. The smallest absolute Gasteiger partial charge is 0.228 e. The van der Waals surface area contributed by atoms with E-state index in [0.717, 1.165) is 15.0 Å². The van der Waals surface area contributed by atoms with E-state index in [2.05, 4.69) is 32.6 Å². The van der Waals surface area contributed by atoms with Crippen molar-refractivity contribution in [3.8, 4) is 0 Å². The van der Waals surface area contributed by atoms with Crippen LogP contribution in [0, 0.1) is 10.6 Å². The maximum Gasteiger partial charge on any atom is 0.228 e. The third kappa shape index (κ3) is 3.73. The van der Waals surface area contributed by atoms with E-state index in [1.807, 2.05) is 49.4 Å². The number of ketones is 1. The number of Topliss-reactive ketones (excluding diaryl/α,β-unsaturated/α-hetero) is 1. The highest BCUT2D eigenvalue weighted by molar-refractivity contribution is 14.1. The van der Waals surface area contributed by atoms with Gasteiger partial charge < -0.3 is 0 Å². The Morgan fingerprint density at radius 1 is 1.09 bits per heavy atom. The fourth-order valence-electron chi connectivity index (χ4n) is 2.10. The molecule has 1 heterocycles. The fourth-order valence-corrected chi connectivity index (χ4v) is 2.53. The Hall–Kier alpha value is -2.28. The topological polar surface area (TPSA) is 47.2 Å². The van der Waals surface area contributed by atoms with Gasteiger partial charge in [0, 0.05) is 11.8 Å². The molecule has 114 valence electrons. The summed E-state index contributed by atoms with van der Waals surface area (Å²) in [6.45, 7) is 2.02. The Labute approximate surface area is 148 Å². The average Bonchev–Trinajstić information content (AvgIpc) is 3.01. The molecule has 0 aliphatic carbocycles. The lowest BCUT2D eigenvalue weighted by Gasteiger charge is -2.07. The summed E-state index contributed by atoms with van der Waals surface area (Å²) >= 11 is 2.11. The molecule has 0 fully saturated rings. The minimum Gasteiger partial charge on any atom is -0.286 e. The Kier molecular flexibility index (Phi) is 4.66. The molecule has 0 N–H and O–H groups in total. The van der Waals surface area contributed by atoms with Crippen LogP contribution in [0.4, 0.5) is 5.69 Å². The quantitative estimate of drug-likeness (QED) is 0.278. The molecule has 0 unspecified atom stereocenters. The largest absolute Gasteiger partial charge is 0.286 e. The van der Waals surface area contributed by atoms with Gasteiger partial charge in [0.2, 0.25) is 5.78 Å². The molecular weight excluding hydrogens is 401 g/mol. The number of nitrogens with zero attached hydrogens (tertiary/aromatic N) is 3. The predicted molar refractivity (Wildman–Crippen MR) is 99.4 cm³/mol. The molecule has 0 amide bonds. The van der Waals surface area contributed by atoms with Crippen LogP contribution in [0.15, 0.2) is 72.1 Å². The van der Waals surface area contributed by atoms with Crippen molar-refractivity contribution >= 4 is 39.9 Å². The summed E-state index contributed by atoms with van der Waals surface area (Å²) in [6, 6.07) is 16.9. The second-order valence-corrected chi connectivity index (χ2v) is 6.18. The number of aliphatic imine (C=N–C) groups is 1. The predicted octanol–water partition coefficient (Wildman–Crippen LogP) is 4.26. The standard InChI is InChI=1S/C18H14IN3O/c1-13-7-9-15(10-8-13)21-18(22-11-16(19)20-12-22)17(23)14-5-3-2-4-6-14/h2-12H,1H3. The number of aryl methyl sites for hydroxylation is 1. The summed E-state index contributed by atoms with van der Waals surface area (Å²) in [5.74, 6) is 0.190. The van der Waals surface area contributed by atoms with Gasteiger partial charge in [0.1, 0.15) is 10.0 Å². The molecule has 0 radical (unpaired) electrons. The van der Waals surface area contributed by atoms with Crippen LogP contribution in [0.3, 0.4) is 0 Å². The number of halogens is 1. The van der Waals surface area contributed by atoms with Crippen LogP contribution in [0.25, 0.3) is 0 Å². The highest BCUT2D eigenvalue weighted by atomic mass is 127. The van der Waals surface area contributed by atoms with Crippen LogP contribution in [0.2, 0.25) is 0 Å². The minimum absolute atomic E-state index is 0.139. The van der Waals surface area contributed by atoms with Gasteiger partial charge in [-0.3, -0.25) is 9.36 Å². The van der Waals surface area contributed by atoms with Gasteiger partial charge in [0.05, 0.1) is 5.69 Å². The Morgan fingerprint density at radius 2 is 1.78 bits per heavy atom. The van der Waals surface area contributed by atoms with E-state index in [-0.39, 0.29) is 5.78 Å². The van der Waals surface area contributed by atoms with Gasteiger partial charge in [-0.25, -0.2) is 9.98 Å². The number of rotatable bonds is 3. The normalized spacial score (nSPS) is 11.5. The second kappa shape index (κ2) is 6.87. The number of hydrogen-bond acceptors (Lipinski definition) is 3. The molecule has 0 aliphatic heterocycles. The summed E-state index contributed by atoms with van der Waals surface area (Å²) in [7, 11) is 0. The summed E-state index contributed by atoms with van der Waals surface area (Å²) in [6.07, 6.45) is 3.39. The Balaban J connectivity index is 2.07. The highest BCUT2D eigenvalue weighted by Gasteiger charge is 2.16. The molecule has 4 nitrogen and oxygen atoms in total. The first-order valence-corrected chi connectivity index (χ1v) is 8.16. The summed E-state index contributed by atoms with van der Waals surface area (Å²) in [4.78, 5) is 21.6. The molecule has 2 aromatic carbocycles. The van der Waals surface area contributed by atoms with Crippen molar-refractivity contribution in [3.63, 3.8) is 0 Å². The number of hydrogen-bond donors (Lipinski definition) is 0. The first-order valence-electron chi connectivity index (χ1n) is 7.08. The second-order valence-electron chi connectivity index (χ2n) is 5.07. The first-order chi connectivity index (χ1) is 11.1. The molecule has 5 heteroatoms. The highest BCUT2D eigenvalue weighted by Crippen LogP contribution is 2.15. The number of carbonyl (C=O) groups excluding carboxylic acids is 1. The van der Waals surface area contributed by atoms with E-state index in [1.54, 1.807) is 29.2 Å². The zero-order valence-corrected chi connectivity index (χ0v) is 14.6. The summed E-state index contributed by atoms with van der Waals surface area (Å²) in [5.41, 5.74) is 2.48. The van der Waals surface area contributed by atoms with Crippen molar-refractivity contribution in [2.24, 2.45) is 4.99 Å². The molecule has 1 aromatic heterocycles. The average molecular weight is 415 g/mol. The van der Waals surface area contributed by atoms with Crippen molar-refractivity contribution in [1.29, 1.82) is 0 Å². The van der Waals surface area contributed by atoms with Crippen LogP contribution < -0.4 is 0 Å². The van der Waals surface area contributed by atoms with Crippen molar-refractivity contribution in [2.75, 3.05) is 0 Å². The van der Waals surface area contributed by atoms with Crippen LogP contribution in [0.5, 0.6) is 0 Å². The van der Waals surface area contributed by atoms with Gasteiger partial charge in [-0.05, 0) is 41.6 Å². The molecular formula is C18H14IN3O. The van der Waals surface area contributed by atoms with E-state index < -0.39 is 0 Å². The lowest BCUT2D eigenvalue weighted by atomic mass is 10.1. The van der Waals surface area contributed by atoms with Gasteiger partial charge in [-0.1, -0.05) is 48.0 Å².